The number of hydrogen-bond acceptors (Lipinski definition) is 3. The van der Waals surface area contributed by atoms with Gasteiger partial charge in [-0.2, -0.15) is 0 Å². The number of rotatable bonds is 4. The summed E-state index contributed by atoms with van der Waals surface area (Å²) in [7, 11) is -2.76. The van der Waals surface area contributed by atoms with Crippen LogP contribution in [0.15, 0.2) is 11.6 Å². The molecule has 0 bridgehead atoms. The molecule has 1 heterocycles. The Bertz CT molecular complexity index is 359. The smallest absolute Gasteiger partial charge is 0.151 e. The highest BCUT2D eigenvalue weighted by molar-refractivity contribution is 7.91. The highest BCUT2D eigenvalue weighted by Crippen LogP contribution is 2.20. The van der Waals surface area contributed by atoms with E-state index in [9.17, 15) is 8.42 Å². The second-order valence-electron chi connectivity index (χ2n) is 4.91. The van der Waals surface area contributed by atoms with E-state index in [4.69, 9.17) is 0 Å². The number of hydrogen-bond donors (Lipinski definition) is 1. The van der Waals surface area contributed by atoms with Crippen molar-refractivity contribution >= 4 is 9.84 Å². The van der Waals surface area contributed by atoms with Crippen molar-refractivity contribution in [3.63, 3.8) is 0 Å². The molecule has 2 rings (SSSR count). The number of sulfone groups is 1. The van der Waals surface area contributed by atoms with Crippen LogP contribution >= 0.6 is 0 Å². The van der Waals surface area contributed by atoms with Gasteiger partial charge in [-0.25, -0.2) is 8.42 Å². The molecule has 1 atom stereocenters. The van der Waals surface area contributed by atoms with Crippen molar-refractivity contribution in [2.75, 3.05) is 18.1 Å². The molecule has 92 valence electrons. The van der Waals surface area contributed by atoms with Gasteiger partial charge >= 0.3 is 0 Å². The fourth-order valence-electron chi connectivity index (χ4n) is 2.59. The van der Waals surface area contributed by atoms with Crippen LogP contribution in [0.2, 0.25) is 0 Å². The fraction of sp³-hybridized carbons (Fsp3) is 0.833. The maximum Gasteiger partial charge on any atom is 0.151 e. The molecule has 1 N–H and O–H groups in total. The summed E-state index contributed by atoms with van der Waals surface area (Å²) in [6, 6.07) is 0.195. The van der Waals surface area contributed by atoms with Crippen LogP contribution in [-0.4, -0.2) is 32.5 Å². The number of allylic oxidation sites excluding steroid dienone is 1. The molecular formula is C12H21NO2S. The van der Waals surface area contributed by atoms with E-state index in [-0.39, 0.29) is 6.04 Å². The summed E-state index contributed by atoms with van der Waals surface area (Å²) in [5, 5.41) is 3.38. The van der Waals surface area contributed by atoms with E-state index >= 15 is 0 Å². The molecule has 1 unspecified atom stereocenters. The monoisotopic (exact) mass is 243 g/mol. The van der Waals surface area contributed by atoms with Gasteiger partial charge in [0.05, 0.1) is 11.5 Å². The molecular weight excluding hydrogens is 222 g/mol. The number of nitrogens with one attached hydrogen (secondary N) is 1. The van der Waals surface area contributed by atoms with E-state index in [1.54, 1.807) is 5.57 Å². The van der Waals surface area contributed by atoms with Crippen molar-refractivity contribution in [2.24, 2.45) is 0 Å². The fourth-order valence-corrected chi connectivity index (χ4v) is 4.26. The zero-order valence-electron chi connectivity index (χ0n) is 9.74. The molecule has 1 aliphatic heterocycles. The van der Waals surface area contributed by atoms with E-state index in [1.165, 1.54) is 19.3 Å². The lowest BCUT2D eigenvalue weighted by Crippen LogP contribution is -2.40. The van der Waals surface area contributed by atoms with Crippen LogP contribution in [-0.2, 0) is 9.84 Å². The van der Waals surface area contributed by atoms with Crippen LogP contribution in [0.3, 0.4) is 0 Å². The predicted molar refractivity (Wildman–Crippen MR) is 66.2 cm³/mol. The lowest BCUT2D eigenvalue weighted by molar-refractivity contribution is 0.482. The van der Waals surface area contributed by atoms with Gasteiger partial charge in [0.25, 0.3) is 0 Å². The van der Waals surface area contributed by atoms with Crippen LogP contribution in [0.25, 0.3) is 0 Å². The molecule has 0 amide bonds. The maximum absolute atomic E-state index is 11.4. The molecule has 1 saturated heterocycles. The van der Waals surface area contributed by atoms with Gasteiger partial charge in [-0.3, -0.25) is 0 Å². The van der Waals surface area contributed by atoms with Crippen LogP contribution in [0.4, 0.5) is 0 Å². The van der Waals surface area contributed by atoms with Gasteiger partial charge in [-0.15, -0.1) is 0 Å². The van der Waals surface area contributed by atoms with Crippen LogP contribution < -0.4 is 5.32 Å². The highest BCUT2D eigenvalue weighted by Gasteiger charge is 2.23. The molecule has 1 fully saturated rings. The molecule has 0 aromatic heterocycles. The van der Waals surface area contributed by atoms with Crippen molar-refractivity contribution in [2.45, 2.75) is 44.6 Å². The van der Waals surface area contributed by atoms with Gasteiger partial charge < -0.3 is 5.32 Å². The summed E-state index contributed by atoms with van der Waals surface area (Å²) in [6.07, 6.45) is 9.03. The maximum atomic E-state index is 11.4. The van der Waals surface area contributed by atoms with Gasteiger partial charge in [0.15, 0.2) is 9.84 Å². The van der Waals surface area contributed by atoms with E-state index < -0.39 is 9.84 Å². The molecule has 0 saturated carbocycles. The Morgan fingerprint density at radius 3 is 2.94 bits per heavy atom. The summed E-state index contributed by atoms with van der Waals surface area (Å²) in [5.74, 6) is 0.725. The quantitative estimate of drug-likeness (QED) is 0.764. The highest BCUT2D eigenvalue weighted by atomic mass is 32.2. The van der Waals surface area contributed by atoms with Crippen molar-refractivity contribution in [1.29, 1.82) is 0 Å². The average Bonchev–Trinajstić information content (AvgIpc) is 2.69. The van der Waals surface area contributed by atoms with Crippen LogP contribution in [0, 0.1) is 0 Å². The largest absolute Gasteiger partial charge is 0.313 e. The first kappa shape index (κ1) is 12.1. The second kappa shape index (κ2) is 5.32. The molecule has 0 aromatic carbocycles. The van der Waals surface area contributed by atoms with E-state index in [2.05, 4.69) is 11.4 Å². The second-order valence-corrected chi connectivity index (χ2v) is 7.14. The third-order valence-corrected chi connectivity index (χ3v) is 5.30. The Hall–Kier alpha value is -0.350. The summed E-state index contributed by atoms with van der Waals surface area (Å²) < 4.78 is 22.9. The molecule has 0 radical (unpaired) electrons. The molecule has 0 aromatic rings. The Labute approximate surface area is 98.2 Å². The van der Waals surface area contributed by atoms with Gasteiger partial charge in [-0.1, -0.05) is 11.6 Å². The topological polar surface area (TPSA) is 46.2 Å². The minimum Gasteiger partial charge on any atom is -0.313 e. The minimum atomic E-state index is -2.76. The van der Waals surface area contributed by atoms with Crippen molar-refractivity contribution < 1.29 is 8.42 Å². The molecule has 16 heavy (non-hydrogen) atoms. The van der Waals surface area contributed by atoms with Gasteiger partial charge in [0, 0.05) is 6.04 Å². The molecule has 3 nitrogen and oxygen atoms in total. The SMILES string of the molecule is O=S1(=O)CCCC(NCCC2=CCCC2)C1. The predicted octanol–water partition coefficient (Wildman–Crippen LogP) is 1.65. The average molecular weight is 243 g/mol. The van der Waals surface area contributed by atoms with E-state index in [1.807, 2.05) is 0 Å². The van der Waals surface area contributed by atoms with Gasteiger partial charge in [-0.05, 0) is 45.1 Å². The lowest BCUT2D eigenvalue weighted by atomic mass is 10.1. The summed E-state index contributed by atoms with van der Waals surface area (Å²) in [5.41, 5.74) is 1.55. The minimum absolute atomic E-state index is 0.195. The molecule has 1 aliphatic carbocycles. The van der Waals surface area contributed by atoms with Crippen molar-refractivity contribution in [3.05, 3.63) is 11.6 Å². The normalized spacial score (nSPS) is 29.0. The first-order valence-electron chi connectivity index (χ1n) is 6.27. The van der Waals surface area contributed by atoms with Crippen molar-refractivity contribution in [3.8, 4) is 0 Å². The van der Waals surface area contributed by atoms with Crippen molar-refractivity contribution in [1.82, 2.24) is 5.32 Å². The van der Waals surface area contributed by atoms with Crippen LogP contribution in [0.1, 0.15) is 38.5 Å². The molecule has 4 heteroatoms. The first-order chi connectivity index (χ1) is 7.66. The summed E-state index contributed by atoms with van der Waals surface area (Å²) in [6.45, 7) is 0.937. The zero-order chi connectivity index (χ0) is 11.4. The van der Waals surface area contributed by atoms with E-state index in [0.717, 1.165) is 25.8 Å². The van der Waals surface area contributed by atoms with Crippen LogP contribution in [0.5, 0.6) is 0 Å². The van der Waals surface area contributed by atoms with E-state index in [0.29, 0.717) is 11.5 Å². The summed E-state index contributed by atoms with van der Waals surface area (Å²) in [4.78, 5) is 0. The Morgan fingerprint density at radius 2 is 2.25 bits per heavy atom. The van der Waals surface area contributed by atoms with Gasteiger partial charge in [0.2, 0.25) is 0 Å². The molecule has 2 aliphatic rings. The third-order valence-electron chi connectivity index (χ3n) is 3.48. The standard InChI is InChI=1S/C12H21NO2S/c14-16(15)9-3-6-12(10-16)13-8-7-11-4-1-2-5-11/h4,12-13H,1-3,5-10H2. The van der Waals surface area contributed by atoms with Gasteiger partial charge in [0.1, 0.15) is 0 Å². The third kappa shape index (κ3) is 3.59. The lowest BCUT2D eigenvalue weighted by Gasteiger charge is -2.23. The Balaban J connectivity index is 1.69. The zero-order valence-corrected chi connectivity index (χ0v) is 10.6. The Kier molecular flexibility index (Phi) is 4.03. The first-order valence-corrected chi connectivity index (χ1v) is 8.09. The summed E-state index contributed by atoms with van der Waals surface area (Å²) >= 11 is 0. The molecule has 0 spiro atoms. The Morgan fingerprint density at radius 1 is 1.38 bits per heavy atom.